The summed E-state index contributed by atoms with van der Waals surface area (Å²) in [5, 5.41) is 3.05. The van der Waals surface area contributed by atoms with Crippen LogP contribution in [0.25, 0.3) is 17.0 Å². The van der Waals surface area contributed by atoms with Crippen LogP contribution in [0.15, 0.2) is 29.2 Å². The van der Waals surface area contributed by atoms with Crippen molar-refractivity contribution in [3.05, 3.63) is 40.4 Å². The van der Waals surface area contributed by atoms with Gasteiger partial charge in [-0.1, -0.05) is 18.2 Å². The van der Waals surface area contributed by atoms with Crippen molar-refractivity contribution in [3.8, 4) is 0 Å². The maximum atomic E-state index is 11.6. The molecule has 4 nitrogen and oxygen atoms in total. The number of hydrogen-bond acceptors (Lipinski definition) is 3. The van der Waals surface area contributed by atoms with Gasteiger partial charge >= 0.3 is 0 Å². The Hall–Kier alpha value is -2.01. The number of imide groups is 1. The van der Waals surface area contributed by atoms with Gasteiger partial charge in [-0.05, 0) is 30.8 Å². The molecule has 3 rings (SSSR count). The summed E-state index contributed by atoms with van der Waals surface area (Å²) in [7, 11) is 1.99. The number of aromatic nitrogens is 1. The molecule has 1 aromatic heterocycles. The topological polar surface area (TPSA) is 51.1 Å². The quantitative estimate of drug-likeness (QED) is 0.812. The number of amides is 2. The van der Waals surface area contributed by atoms with E-state index < -0.39 is 0 Å². The highest BCUT2D eigenvalue weighted by Crippen LogP contribution is 2.31. The molecule has 1 aliphatic rings. The number of thioether (sulfide) groups is 1. The lowest BCUT2D eigenvalue weighted by atomic mass is 10.1. The standard InChI is InChI=1S/C14H12N2O2S/c1-8-10(7-12-13(17)15-14(18)19-12)9-5-3-4-6-11(9)16(8)2/h3-7H,1-2H3,(H,15,17,18). The van der Waals surface area contributed by atoms with Gasteiger partial charge in [-0.3, -0.25) is 14.9 Å². The number of nitrogens with one attached hydrogen (secondary N) is 1. The second-order valence-electron chi connectivity index (χ2n) is 4.43. The summed E-state index contributed by atoms with van der Waals surface area (Å²) in [6, 6.07) is 8.02. The third-order valence-electron chi connectivity index (χ3n) is 3.37. The van der Waals surface area contributed by atoms with Gasteiger partial charge < -0.3 is 4.57 Å². The van der Waals surface area contributed by atoms with Crippen LogP contribution in [-0.2, 0) is 11.8 Å². The largest absolute Gasteiger partial charge is 0.347 e. The molecule has 0 aliphatic carbocycles. The lowest BCUT2D eigenvalue weighted by Crippen LogP contribution is -2.17. The Labute approximate surface area is 114 Å². The number of nitrogens with zero attached hydrogens (tertiary/aromatic N) is 1. The second kappa shape index (κ2) is 4.28. The van der Waals surface area contributed by atoms with Crippen molar-refractivity contribution in [1.29, 1.82) is 0 Å². The number of rotatable bonds is 1. The predicted molar refractivity (Wildman–Crippen MR) is 76.8 cm³/mol. The molecule has 0 unspecified atom stereocenters. The Morgan fingerprint density at radius 1 is 1.26 bits per heavy atom. The fourth-order valence-corrected chi connectivity index (χ4v) is 2.95. The molecule has 2 heterocycles. The van der Waals surface area contributed by atoms with Gasteiger partial charge in [-0.25, -0.2) is 0 Å². The smallest absolute Gasteiger partial charge is 0.290 e. The maximum Gasteiger partial charge on any atom is 0.290 e. The van der Waals surface area contributed by atoms with Crippen LogP contribution in [0.1, 0.15) is 11.3 Å². The lowest BCUT2D eigenvalue weighted by molar-refractivity contribution is -0.115. The number of carbonyl (C=O) groups is 2. The molecule has 0 saturated carbocycles. The minimum Gasteiger partial charge on any atom is -0.347 e. The maximum absolute atomic E-state index is 11.6. The summed E-state index contributed by atoms with van der Waals surface area (Å²) >= 11 is 0.947. The van der Waals surface area contributed by atoms with Gasteiger partial charge in [0.15, 0.2) is 0 Å². The van der Waals surface area contributed by atoms with E-state index in [9.17, 15) is 9.59 Å². The first-order valence-corrected chi connectivity index (χ1v) is 6.68. The number of para-hydroxylation sites is 1. The molecule has 2 amide bonds. The molecule has 0 atom stereocenters. The molecular weight excluding hydrogens is 260 g/mol. The van der Waals surface area contributed by atoms with Gasteiger partial charge in [-0.2, -0.15) is 0 Å². The van der Waals surface area contributed by atoms with E-state index in [1.54, 1.807) is 6.08 Å². The van der Waals surface area contributed by atoms with Gasteiger partial charge in [0.05, 0.1) is 4.91 Å². The van der Waals surface area contributed by atoms with Gasteiger partial charge in [0.2, 0.25) is 0 Å². The highest BCUT2D eigenvalue weighted by molar-refractivity contribution is 8.18. The Balaban J connectivity index is 2.21. The summed E-state index contributed by atoms with van der Waals surface area (Å²) in [5.74, 6) is -0.317. The number of aryl methyl sites for hydroxylation is 1. The minimum absolute atomic E-state index is 0.311. The fraction of sp³-hybridized carbons (Fsp3) is 0.143. The van der Waals surface area contributed by atoms with E-state index in [2.05, 4.69) is 9.88 Å². The monoisotopic (exact) mass is 272 g/mol. The average molecular weight is 272 g/mol. The Bertz CT molecular complexity index is 743. The first kappa shape index (κ1) is 12.0. The molecule has 5 heteroatoms. The van der Waals surface area contributed by atoms with Crippen LogP contribution in [-0.4, -0.2) is 15.7 Å². The van der Waals surface area contributed by atoms with Crippen LogP contribution in [0.5, 0.6) is 0 Å². The Kier molecular flexibility index (Phi) is 2.71. The SMILES string of the molecule is Cc1c(C=C2SC(=O)NC2=O)c2ccccc2n1C. The van der Waals surface area contributed by atoms with Crippen molar-refractivity contribution in [3.63, 3.8) is 0 Å². The van der Waals surface area contributed by atoms with E-state index in [0.717, 1.165) is 33.9 Å². The molecule has 0 spiro atoms. The summed E-state index contributed by atoms with van der Waals surface area (Å²) in [6.07, 6.45) is 1.79. The van der Waals surface area contributed by atoms with Crippen LogP contribution in [0, 0.1) is 6.92 Å². The number of carbonyl (C=O) groups excluding carboxylic acids is 2. The third-order valence-corrected chi connectivity index (χ3v) is 4.18. The minimum atomic E-state index is -0.317. The summed E-state index contributed by atoms with van der Waals surface area (Å²) < 4.78 is 2.08. The van der Waals surface area contributed by atoms with Crippen molar-refractivity contribution in [1.82, 2.24) is 9.88 Å². The average Bonchev–Trinajstić information content (AvgIpc) is 2.83. The van der Waals surface area contributed by atoms with E-state index in [1.807, 2.05) is 38.2 Å². The van der Waals surface area contributed by atoms with Gasteiger partial charge in [0.25, 0.3) is 11.1 Å². The highest BCUT2D eigenvalue weighted by Gasteiger charge is 2.25. The number of benzene rings is 1. The summed E-state index contributed by atoms with van der Waals surface area (Å²) in [6.45, 7) is 2.01. The lowest BCUT2D eigenvalue weighted by Gasteiger charge is -1.98. The van der Waals surface area contributed by atoms with Crippen molar-refractivity contribution in [2.75, 3.05) is 0 Å². The first-order chi connectivity index (χ1) is 9.08. The van der Waals surface area contributed by atoms with Crippen LogP contribution in [0.2, 0.25) is 0 Å². The molecule has 1 saturated heterocycles. The number of hydrogen-bond donors (Lipinski definition) is 1. The summed E-state index contributed by atoms with van der Waals surface area (Å²) in [5.41, 5.74) is 3.17. The van der Waals surface area contributed by atoms with E-state index >= 15 is 0 Å². The third kappa shape index (κ3) is 1.86. The molecule has 1 aromatic carbocycles. The Morgan fingerprint density at radius 2 is 2.00 bits per heavy atom. The van der Waals surface area contributed by atoms with Crippen molar-refractivity contribution in [2.45, 2.75) is 6.92 Å². The molecule has 19 heavy (non-hydrogen) atoms. The van der Waals surface area contributed by atoms with Gasteiger partial charge in [0.1, 0.15) is 0 Å². The Morgan fingerprint density at radius 3 is 2.68 bits per heavy atom. The van der Waals surface area contributed by atoms with Crippen molar-refractivity contribution < 1.29 is 9.59 Å². The van der Waals surface area contributed by atoms with Crippen molar-refractivity contribution in [2.24, 2.45) is 7.05 Å². The van der Waals surface area contributed by atoms with E-state index in [1.165, 1.54) is 0 Å². The molecular formula is C14H12N2O2S. The van der Waals surface area contributed by atoms with Crippen LogP contribution in [0.4, 0.5) is 4.79 Å². The first-order valence-electron chi connectivity index (χ1n) is 5.87. The molecule has 0 radical (unpaired) electrons. The zero-order valence-electron chi connectivity index (χ0n) is 10.6. The molecule has 2 aromatic rings. The predicted octanol–water partition coefficient (Wildman–Crippen LogP) is 2.81. The van der Waals surface area contributed by atoms with Crippen LogP contribution >= 0.6 is 11.8 Å². The van der Waals surface area contributed by atoms with E-state index in [4.69, 9.17) is 0 Å². The van der Waals surface area contributed by atoms with E-state index in [-0.39, 0.29) is 11.1 Å². The van der Waals surface area contributed by atoms with Gasteiger partial charge in [0, 0.05) is 29.2 Å². The zero-order valence-corrected chi connectivity index (χ0v) is 11.4. The molecule has 1 fully saturated rings. The second-order valence-corrected chi connectivity index (χ2v) is 5.44. The molecule has 96 valence electrons. The van der Waals surface area contributed by atoms with Gasteiger partial charge in [-0.15, -0.1) is 0 Å². The van der Waals surface area contributed by atoms with Crippen LogP contribution in [0.3, 0.4) is 0 Å². The number of fused-ring (bicyclic) bond motifs is 1. The fourth-order valence-electron chi connectivity index (χ4n) is 2.28. The normalized spacial score (nSPS) is 17.5. The molecule has 0 bridgehead atoms. The highest BCUT2D eigenvalue weighted by atomic mass is 32.2. The molecule has 1 N–H and O–H groups in total. The van der Waals surface area contributed by atoms with Crippen LogP contribution < -0.4 is 5.32 Å². The van der Waals surface area contributed by atoms with E-state index in [0.29, 0.717) is 4.91 Å². The summed E-state index contributed by atoms with van der Waals surface area (Å²) in [4.78, 5) is 23.3. The zero-order chi connectivity index (χ0) is 13.6. The molecule has 1 aliphatic heterocycles. The van der Waals surface area contributed by atoms with Crippen molar-refractivity contribution >= 4 is 39.9 Å².